The van der Waals surface area contributed by atoms with Crippen molar-refractivity contribution < 1.29 is 19.1 Å². The van der Waals surface area contributed by atoms with Crippen LogP contribution in [-0.2, 0) is 4.74 Å². The van der Waals surface area contributed by atoms with Crippen molar-refractivity contribution in [2.75, 3.05) is 18.8 Å². The Hall–Kier alpha value is -2.24. The molecule has 1 saturated heterocycles. The molecule has 2 heterocycles. The third-order valence-electron chi connectivity index (χ3n) is 4.69. The predicted molar refractivity (Wildman–Crippen MR) is 94.9 cm³/mol. The zero-order chi connectivity index (χ0) is 18.4. The van der Waals surface area contributed by atoms with Gasteiger partial charge in [0.25, 0.3) is 0 Å². The highest BCUT2D eigenvalue weighted by Gasteiger charge is 2.44. The van der Waals surface area contributed by atoms with Crippen molar-refractivity contribution in [1.29, 1.82) is 0 Å². The van der Waals surface area contributed by atoms with Crippen LogP contribution < -0.4 is 10.5 Å². The normalized spacial score (nSPS) is 19.4. The van der Waals surface area contributed by atoms with Crippen LogP contribution in [0.3, 0.4) is 0 Å². The first-order valence-corrected chi connectivity index (χ1v) is 8.69. The van der Waals surface area contributed by atoms with E-state index in [0.29, 0.717) is 49.4 Å². The molecule has 1 amide bonds. The molecule has 136 valence electrons. The van der Waals surface area contributed by atoms with Gasteiger partial charge in [0, 0.05) is 25.9 Å². The number of rotatable bonds is 0. The van der Waals surface area contributed by atoms with Crippen molar-refractivity contribution in [3.05, 3.63) is 23.3 Å². The average molecular weight is 346 g/mol. The summed E-state index contributed by atoms with van der Waals surface area (Å²) < 4.78 is 11.6. The zero-order valence-corrected chi connectivity index (χ0v) is 15.3. The summed E-state index contributed by atoms with van der Waals surface area (Å²) in [6.45, 7) is 8.46. The Morgan fingerprint density at radius 2 is 1.92 bits per heavy atom. The molecule has 1 aromatic rings. The van der Waals surface area contributed by atoms with Gasteiger partial charge in [0.15, 0.2) is 11.5 Å². The van der Waals surface area contributed by atoms with E-state index in [1.54, 1.807) is 4.90 Å². The van der Waals surface area contributed by atoms with E-state index >= 15 is 0 Å². The average Bonchev–Trinajstić information content (AvgIpc) is 2.48. The molecule has 0 aromatic heterocycles. The Morgan fingerprint density at radius 3 is 2.52 bits per heavy atom. The van der Waals surface area contributed by atoms with Gasteiger partial charge in [-0.05, 0) is 45.4 Å². The number of nitrogens with two attached hydrogens (primary N) is 1. The first-order valence-electron chi connectivity index (χ1n) is 8.69. The number of fused-ring (bicyclic) bond motifs is 1. The third kappa shape index (κ3) is 3.57. The van der Waals surface area contributed by atoms with Crippen LogP contribution in [0.15, 0.2) is 12.1 Å². The monoisotopic (exact) mass is 346 g/mol. The lowest BCUT2D eigenvalue weighted by molar-refractivity contribution is -0.0223. The lowest BCUT2D eigenvalue weighted by atomic mass is 9.82. The highest BCUT2D eigenvalue weighted by molar-refractivity contribution is 6.02. The fraction of sp³-hybridized carbons (Fsp3) is 0.579. The topological polar surface area (TPSA) is 81.9 Å². The molecule has 0 bridgehead atoms. The predicted octanol–water partition coefficient (Wildman–Crippen LogP) is 3.31. The largest absolute Gasteiger partial charge is 0.484 e. The van der Waals surface area contributed by atoms with Crippen LogP contribution in [0.5, 0.6) is 5.75 Å². The van der Waals surface area contributed by atoms with Crippen LogP contribution in [0.2, 0.25) is 0 Å². The fourth-order valence-electron chi connectivity index (χ4n) is 3.46. The number of carbonyl (C=O) groups is 2. The van der Waals surface area contributed by atoms with Gasteiger partial charge in [-0.3, -0.25) is 4.79 Å². The first kappa shape index (κ1) is 17.6. The van der Waals surface area contributed by atoms with E-state index in [0.717, 1.165) is 5.56 Å². The number of hydrogen-bond acceptors (Lipinski definition) is 5. The number of hydrogen-bond donors (Lipinski definition) is 1. The molecule has 0 radical (unpaired) electrons. The number of benzene rings is 1. The Morgan fingerprint density at radius 1 is 1.28 bits per heavy atom. The Balaban J connectivity index is 1.74. The van der Waals surface area contributed by atoms with E-state index in [9.17, 15) is 9.59 Å². The minimum absolute atomic E-state index is 0.0577. The second-order valence-electron chi connectivity index (χ2n) is 8.08. The van der Waals surface area contributed by atoms with Crippen molar-refractivity contribution in [3.8, 4) is 5.75 Å². The van der Waals surface area contributed by atoms with E-state index in [-0.39, 0.29) is 11.9 Å². The van der Waals surface area contributed by atoms with E-state index in [1.807, 2.05) is 39.8 Å². The summed E-state index contributed by atoms with van der Waals surface area (Å²) in [4.78, 5) is 26.5. The SMILES string of the molecule is Cc1cc(N)c2c(c1)C(=O)CC1(CCN(C(=O)OC(C)(C)C)CC1)O2. The molecule has 1 spiro atoms. The molecule has 25 heavy (non-hydrogen) atoms. The van der Waals surface area contributed by atoms with Gasteiger partial charge < -0.3 is 20.1 Å². The van der Waals surface area contributed by atoms with Crippen LogP contribution in [0.1, 0.15) is 56.0 Å². The van der Waals surface area contributed by atoms with E-state index in [2.05, 4.69) is 0 Å². The highest BCUT2D eigenvalue weighted by Crippen LogP contribution is 2.42. The number of carbonyl (C=O) groups excluding carboxylic acids is 2. The molecular weight excluding hydrogens is 320 g/mol. The molecule has 1 fully saturated rings. The summed E-state index contributed by atoms with van der Waals surface area (Å²) in [6.07, 6.45) is 1.18. The second kappa shape index (κ2) is 5.93. The maximum absolute atomic E-state index is 12.6. The number of aryl methyl sites for hydroxylation is 1. The van der Waals surface area contributed by atoms with Crippen LogP contribution in [0.25, 0.3) is 0 Å². The van der Waals surface area contributed by atoms with Gasteiger partial charge in [-0.15, -0.1) is 0 Å². The van der Waals surface area contributed by atoms with E-state index in [4.69, 9.17) is 15.2 Å². The number of likely N-dealkylation sites (tertiary alicyclic amines) is 1. The molecule has 0 atom stereocenters. The van der Waals surface area contributed by atoms with Crippen LogP contribution in [0, 0.1) is 6.92 Å². The number of ether oxygens (including phenoxy) is 2. The van der Waals surface area contributed by atoms with Crippen molar-refractivity contribution in [1.82, 2.24) is 4.90 Å². The number of piperidine rings is 1. The molecule has 3 rings (SSSR count). The summed E-state index contributed by atoms with van der Waals surface area (Å²) in [6, 6.07) is 3.65. The first-order chi connectivity index (χ1) is 11.6. The molecule has 1 aromatic carbocycles. The smallest absolute Gasteiger partial charge is 0.410 e. The maximum Gasteiger partial charge on any atom is 0.410 e. The van der Waals surface area contributed by atoms with Gasteiger partial charge in [0.2, 0.25) is 0 Å². The number of anilines is 1. The highest BCUT2D eigenvalue weighted by atomic mass is 16.6. The lowest BCUT2D eigenvalue weighted by Crippen LogP contribution is -2.53. The van der Waals surface area contributed by atoms with Crippen molar-refractivity contribution in [3.63, 3.8) is 0 Å². The molecular formula is C19H26N2O4. The number of ketones is 1. The number of nitrogen functional groups attached to an aromatic ring is 1. The minimum atomic E-state index is -0.577. The summed E-state index contributed by atoms with van der Waals surface area (Å²) in [5.41, 5.74) is 6.99. The number of Topliss-reactive ketones (excluding diaryl/α,β-unsaturated/α-hetero) is 1. The molecule has 0 unspecified atom stereocenters. The molecule has 2 aliphatic heterocycles. The minimum Gasteiger partial charge on any atom is -0.484 e. The third-order valence-corrected chi connectivity index (χ3v) is 4.69. The van der Waals surface area contributed by atoms with Gasteiger partial charge in [-0.1, -0.05) is 0 Å². The van der Waals surface area contributed by atoms with Gasteiger partial charge in [0.05, 0.1) is 17.7 Å². The summed E-state index contributed by atoms with van der Waals surface area (Å²) in [7, 11) is 0. The summed E-state index contributed by atoms with van der Waals surface area (Å²) in [5, 5.41) is 0. The number of amides is 1. The Kier molecular flexibility index (Phi) is 4.17. The van der Waals surface area contributed by atoms with E-state index in [1.165, 1.54) is 0 Å². The molecule has 2 aliphatic rings. The Labute approximate surface area is 148 Å². The van der Waals surface area contributed by atoms with Gasteiger partial charge in [0.1, 0.15) is 11.2 Å². The molecule has 6 nitrogen and oxygen atoms in total. The molecule has 2 N–H and O–H groups in total. The zero-order valence-electron chi connectivity index (χ0n) is 15.3. The fourth-order valence-corrected chi connectivity index (χ4v) is 3.46. The molecule has 0 aliphatic carbocycles. The summed E-state index contributed by atoms with van der Waals surface area (Å²) in [5.74, 6) is 0.551. The standard InChI is InChI=1S/C19H26N2O4/c1-12-9-13-15(22)11-19(24-16(13)14(20)10-12)5-7-21(8-6-19)17(23)25-18(2,3)4/h9-10H,5-8,11,20H2,1-4H3. The van der Waals surface area contributed by atoms with Crippen molar-refractivity contribution in [2.45, 2.75) is 58.2 Å². The van der Waals surface area contributed by atoms with Crippen molar-refractivity contribution >= 4 is 17.6 Å². The maximum atomic E-state index is 12.6. The van der Waals surface area contributed by atoms with E-state index < -0.39 is 11.2 Å². The van der Waals surface area contributed by atoms with Gasteiger partial charge >= 0.3 is 6.09 Å². The van der Waals surface area contributed by atoms with Crippen molar-refractivity contribution in [2.24, 2.45) is 0 Å². The summed E-state index contributed by atoms with van der Waals surface area (Å²) >= 11 is 0. The van der Waals surface area contributed by atoms with Gasteiger partial charge in [-0.25, -0.2) is 4.79 Å². The molecule has 0 saturated carbocycles. The van der Waals surface area contributed by atoms with Gasteiger partial charge in [-0.2, -0.15) is 0 Å². The number of nitrogens with zero attached hydrogens (tertiary/aromatic N) is 1. The lowest BCUT2D eigenvalue weighted by Gasteiger charge is -2.44. The second-order valence-corrected chi connectivity index (χ2v) is 8.08. The molecule has 6 heteroatoms. The van der Waals surface area contributed by atoms with Crippen LogP contribution in [0.4, 0.5) is 10.5 Å². The van der Waals surface area contributed by atoms with Crippen LogP contribution >= 0.6 is 0 Å². The quantitative estimate of drug-likeness (QED) is 0.729. The van der Waals surface area contributed by atoms with Crippen LogP contribution in [-0.4, -0.2) is 41.1 Å². The Bertz CT molecular complexity index is 713.